The van der Waals surface area contributed by atoms with Crippen molar-refractivity contribution in [2.75, 3.05) is 12.3 Å². The van der Waals surface area contributed by atoms with Crippen LogP contribution >= 0.6 is 23.1 Å². The van der Waals surface area contributed by atoms with Crippen molar-refractivity contribution in [2.45, 2.75) is 57.2 Å². The van der Waals surface area contributed by atoms with Crippen LogP contribution < -0.4 is 16.6 Å². The largest absolute Gasteiger partial charge is 0.354 e. The first kappa shape index (κ1) is 19.4. The van der Waals surface area contributed by atoms with E-state index in [4.69, 9.17) is 5.73 Å². The first-order valence-corrected chi connectivity index (χ1v) is 11.0. The Bertz CT molecular complexity index is 851. The van der Waals surface area contributed by atoms with Crippen molar-refractivity contribution >= 4 is 39.2 Å². The molecule has 2 aromatic heterocycles. The standard InChI is InChI=1S/C18H26N4O2S2/c1-18(2,19)10-20-14(23)7-8-25-9-13-21-16(24)15-11-5-3-4-6-12(11)26-17(15)22-13/h3-10,19H2,1-2H3,(H,20,23)(H,21,22,24). The fourth-order valence-corrected chi connectivity index (χ4v) is 5.11. The monoisotopic (exact) mass is 394 g/mol. The van der Waals surface area contributed by atoms with E-state index in [-0.39, 0.29) is 11.5 Å². The Balaban J connectivity index is 1.55. The molecule has 1 aliphatic carbocycles. The summed E-state index contributed by atoms with van der Waals surface area (Å²) in [6, 6.07) is 0. The molecule has 0 fully saturated rings. The van der Waals surface area contributed by atoms with Crippen molar-refractivity contribution in [3.8, 4) is 0 Å². The third-order valence-electron chi connectivity index (χ3n) is 4.33. The van der Waals surface area contributed by atoms with Gasteiger partial charge in [-0.25, -0.2) is 4.98 Å². The summed E-state index contributed by atoms with van der Waals surface area (Å²) in [6.07, 6.45) is 4.83. The van der Waals surface area contributed by atoms with Crippen LogP contribution in [-0.4, -0.2) is 33.7 Å². The maximum absolute atomic E-state index is 12.5. The van der Waals surface area contributed by atoms with Gasteiger partial charge in [0.2, 0.25) is 5.91 Å². The molecule has 0 radical (unpaired) electrons. The van der Waals surface area contributed by atoms with Gasteiger partial charge in [-0.3, -0.25) is 9.59 Å². The maximum atomic E-state index is 12.5. The number of carbonyl (C=O) groups excluding carboxylic acids is 1. The van der Waals surface area contributed by atoms with Crippen molar-refractivity contribution in [3.63, 3.8) is 0 Å². The van der Waals surface area contributed by atoms with Gasteiger partial charge in [0, 0.05) is 29.1 Å². The number of thioether (sulfide) groups is 1. The van der Waals surface area contributed by atoms with Crippen LogP contribution in [0.1, 0.15) is 49.4 Å². The third-order valence-corrected chi connectivity index (χ3v) is 6.48. The SMILES string of the molecule is CC(C)(N)CNC(=O)CCSCc1nc2sc3c(c2c(=O)[nH]1)CCCC3. The van der Waals surface area contributed by atoms with E-state index in [9.17, 15) is 9.59 Å². The molecule has 8 heteroatoms. The number of aromatic amines is 1. The summed E-state index contributed by atoms with van der Waals surface area (Å²) in [6.45, 7) is 4.22. The normalized spacial score (nSPS) is 14.4. The lowest BCUT2D eigenvalue weighted by Crippen LogP contribution is -2.45. The average Bonchev–Trinajstić information content (AvgIpc) is 2.95. The molecule has 26 heavy (non-hydrogen) atoms. The molecule has 4 N–H and O–H groups in total. The summed E-state index contributed by atoms with van der Waals surface area (Å²) < 4.78 is 0. The van der Waals surface area contributed by atoms with E-state index in [2.05, 4.69) is 15.3 Å². The van der Waals surface area contributed by atoms with Gasteiger partial charge in [0.1, 0.15) is 10.7 Å². The zero-order valence-corrected chi connectivity index (χ0v) is 16.9. The van der Waals surface area contributed by atoms with E-state index in [0.29, 0.717) is 30.3 Å². The van der Waals surface area contributed by atoms with Crippen LogP contribution in [0, 0.1) is 0 Å². The molecule has 3 rings (SSSR count). The van der Waals surface area contributed by atoms with Gasteiger partial charge in [0.25, 0.3) is 5.56 Å². The number of nitrogens with two attached hydrogens (primary N) is 1. The molecule has 1 amide bonds. The number of nitrogens with zero attached hydrogens (tertiary/aromatic N) is 1. The Labute approximate surface area is 161 Å². The number of H-pyrrole nitrogens is 1. The molecule has 0 bridgehead atoms. The molecule has 0 saturated carbocycles. The molecular formula is C18H26N4O2S2. The highest BCUT2D eigenvalue weighted by Gasteiger charge is 2.19. The molecule has 0 unspecified atom stereocenters. The number of aryl methyl sites for hydroxylation is 2. The Morgan fingerprint density at radius 1 is 1.38 bits per heavy atom. The van der Waals surface area contributed by atoms with Gasteiger partial charge in [0.05, 0.1) is 11.1 Å². The Kier molecular flexibility index (Phi) is 6.04. The lowest BCUT2D eigenvalue weighted by Gasteiger charge is -2.18. The Hall–Kier alpha value is -1.38. The number of nitrogens with one attached hydrogen (secondary N) is 2. The van der Waals surface area contributed by atoms with Gasteiger partial charge in [0.15, 0.2) is 0 Å². The summed E-state index contributed by atoms with van der Waals surface area (Å²) in [5.41, 5.74) is 6.64. The molecule has 0 atom stereocenters. The lowest BCUT2D eigenvalue weighted by atomic mass is 9.97. The number of amides is 1. The van der Waals surface area contributed by atoms with Gasteiger partial charge < -0.3 is 16.0 Å². The first-order valence-electron chi connectivity index (χ1n) is 9.00. The summed E-state index contributed by atoms with van der Waals surface area (Å²) in [5.74, 6) is 1.97. The number of aromatic nitrogens is 2. The van der Waals surface area contributed by atoms with Crippen LogP contribution in [0.15, 0.2) is 4.79 Å². The molecule has 0 saturated heterocycles. The van der Waals surface area contributed by atoms with E-state index >= 15 is 0 Å². The maximum Gasteiger partial charge on any atom is 0.259 e. The predicted octanol–water partition coefficient (Wildman–Crippen LogP) is 2.34. The second-order valence-electron chi connectivity index (χ2n) is 7.47. The number of carbonyl (C=O) groups is 1. The van der Waals surface area contributed by atoms with Crippen molar-refractivity contribution in [3.05, 3.63) is 26.6 Å². The highest BCUT2D eigenvalue weighted by atomic mass is 32.2. The van der Waals surface area contributed by atoms with Gasteiger partial charge in [-0.15, -0.1) is 11.3 Å². The quantitative estimate of drug-likeness (QED) is 0.626. The molecular weight excluding hydrogens is 368 g/mol. The second kappa shape index (κ2) is 8.10. The molecule has 0 aromatic carbocycles. The van der Waals surface area contributed by atoms with E-state index in [1.54, 1.807) is 23.1 Å². The fourth-order valence-electron chi connectivity index (χ4n) is 3.03. The van der Waals surface area contributed by atoms with E-state index < -0.39 is 5.54 Å². The highest BCUT2D eigenvalue weighted by molar-refractivity contribution is 7.98. The van der Waals surface area contributed by atoms with Crippen LogP contribution in [0.3, 0.4) is 0 Å². The van der Waals surface area contributed by atoms with Crippen molar-refractivity contribution < 1.29 is 4.79 Å². The van der Waals surface area contributed by atoms with Gasteiger partial charge in [-0.1, -0.05) is 0 Å². The van der Waals surface area contributed by atoms with Gasteiger partial charge in [-0.2, -0.15) is 11.8 Å². The summed E-state index contributed by atoms with van der Waals surface area (Å²) in [4.78, 5) is 34.0. The minimum absolute atomic E-state index is 0.00105. The molecule has 1 aliphatic rings. The van der Waals surface area contributed by atoms with Crippen molar-refractivity contribution in [1.82, 2.24) is 15.3 Å². The van der Waals surface area contributed by atoms with E-state index in [1.807, 2.05) is 13.8 Å². The van der Waals surface area contributed by atoms with Gasteiger partial charge >= 0.3 is 0 Å². The molecule has 2 aromatic rings. The molecule has 142 valence electrons. The van der Waals surface area contributed by atoms with Gasteiger partial charge in [-0.05, 0) is 45.1 Å². The highest BCUT2D eigenvalue weighted by Crippen LogP contribution is 2.33. The van der Waals surface area contributed by atoms with Crippen LogP contribution in [0.5, 0.6) is 0 Å². The van der Waals surface area contributed by atoms with Crippen molar-refractivity contribution in [2.24, 2.45) is 5.73 Å². The van der Waals surface area contributed by atoms with E-state index in [1.165, 1.54) is 16.9 Å². The van der Waals surface area contributed by atoms with Crippen LogP contribution in [0.25, 0.3) is 10.2 Å². The number of hydrogen-bond donors (Lipinski definition) is 3. The first-order chi connectivity index (χ1) is 12.3. The smallest absolute Gasteiger partial charge is 0.259 e. The Morgan fingerprint density at radius 2 is 2.15 bits per heavy atom. The lowest BCUT2D eigenvalue weighted by molar-refractivity contribution is -0.120. The topological polar surface area (TPSA) is 101 Å². The van der Waals surface area contributed by atoms with Crippen molar-refractivity contribution in [1.29, 1.82) is 0 Å². The Morgan fingerprint density at radius 3 is 2.92 bits per heavy atom. The molecule has 2 heterocycles. The number of thiophene rings is 1. The number of fused-ring (bicyclic) bond motifs is 3. The fraction of sp³-hybridized carbons (Fsp3) is 0.611. The average molecular weight is 395 g/mol. The van der Waals surface area contributed by atoms with Crippen LogP contribution in [0.4, 0.5) is 0 Å². The third kappa shape index (κ3) is 4.86. The molecule has 6 nitrogen and oxygen atoms in total. The molecule has 0 aliphatic heterocycles. The van der Waals surface area contributed by atoms with Crippen LogP contribution in [-0.2, 0) is 23.4 Å². The second-order valence-corrected chi connectivity index (χ2v) is 9.66. The zero-order chi connectivity index (χ0) is 18.7. The molecule has 0 spiro atoms. The summed E-state index contributed by atoms with van der Waals surface area (Å²) >= 11 is 3.26. The summed E-state index contributed by atoms with van der Waals surface area (Å²) in [7, 11) is 0. The minimum Gasteiger partial charge on any atom is -0.354 e. The predicted molar refractivity (Wildman–Crippen MR) is 109 cm³/mol. The number of hydrogen-bond acceptors (Lipinski definition) is 6. The minimum atomic E-state index is -0.401. The summed E-state index contributed by atoms with van der Waals surface area (Å²) in [5, 5.41) is 3.63. The number of rotatable bonds is 7. The van der Waals surface area contributed by atoms with E-state index in [0.717, 1.165) is 29.5 Å². The zero-order valence-electron chi connectivity index (χ0n) is 15.3. The van der Waals surface area contributed by atoms with Crippen LogP contribution in [0.2, 0.25) is 0 Å².